The molecule has 0 saturated carbocycles. The third-order valence-electron chi connectivity index (χ3n) is 1.68. The largest absolute Gasteiger partial charge is 0.335 e. The van der Waals surface area contributed by atoms with Gasteiger partial charge < -0.3 is 6.92 Å². The van der Waals surface area contributed by atoms with Gasteiger partial charge in [-0.05, 0) is 6.42 Å². The van der Waals surface area contributed by atoms with E-state index in [9.17, 15) is 0 Å². The first-order valence-corrected chi connectivity index (χ1v) is 3.69. The molecule has 1 unspecified atom stereocenters. The topological polar surface area (TPSA) is 24.7 Å². The van der Waals surface area contributed by atoms with E-state index in [1.807, 2.05) is 6.92 Å². The zero-order valence-electron chi connectivity index (χ0n) is 7.09. The Morgan fingerprint density at radius 1 is 1.55 bits per heavy atom. The summed E-state index contributed by atoms with van der Waals surface area (Å²) in [5.41, 5.74) is 2.31. The first-order chi connectivity index (χ1) is 4.74. The van der Waals surface area contributed by atoms with Crippen molar-refractivity contribution in [2.75, 3.05) is 0 Å². The Balaban J connectivity index is 0.000001000. The molecule has 1 rings (SSSR count). The van der Waals surface area contributed by atoms with Crippen LogP contribution in [0, 0.1) is 12.8 Å². The van der Waals surface area contributed by atoms with E-state index in [-0.39, 0.29) is 26.2 Å². The molecule has 1 atom stereocenters. The molecule has 0 fully saturated rings. The van der Waals surface area contributed by atoms with Crippen molar-refractivity contribution in [3.05, 3.63) is 6.92 Å². The van der Waals surface area contributed by atoms with Crippen LogP contribution in [0.2, 0.25) is 0 Å². The van der Waals surface area contributed by atoms with E-state index in [2.05, 4.69) is 24.1 Å². The molecule has 3 heteroatoms. The first-order valence-electron chi connectivity index (χ1n) is 3.69. The monoisotopic (exact) mass is 227 g/mol. The van der Waals surface area contributed by atoms with Crippen LogP contribution in [0.5, 0.6) is 0 Å². The molecule has 2 nitrogen and oxygen atoms in total. The summed E-state index contributed by atoms with van der Waals surface area (Å²) in [5, 5.41) is 8.05. The molecule has 0 N–H and O–H groups in total. The minimum Gasteiger partial charge on any atom is -0.335 e. The van der Waals surface area contributed by atoms with Crippen LogP contribution in [0.1, 0.15) is 26.7 Å². The minimum absolute atomic E-state index is 0. The van der Waals surface area contributed by atoms with Crippen LogP contribution >= 0.6 is 0 Å². The second-order valence-electron chi connectivity index (χ2n) is 2.69. The van der Waals surface area contributed by atoms with Gasteiger partial charge in [0.25, 0.3) is 0 Å². The molecular weight excluding hydrogens is 215 g/mol. The standard InChI is InChI=1S/C8H13N2.Zr/c1-4-7-5-8(6(2)3)10-9-7;/h6H,2,4-5H2,1,3H3;/q-1;. The molecule has 0 aromatic heterocycles. The molecule has 11 heavy (non-hydrogen) atoms. The van der Waals surface area contributed by atoms with Crippen molar-refractivity contribution < 1.29 is 26.2 Å². The van der Waals surface area contributed by atoms with Crippen LogP contribution in [-0.2, 0) is 26.2 Å². The second-order valence-corrected chi connectivity index (χ2v) is 2.69. The van der Waals surface area contributed by atoms with E-state index in [4.69, 9.17) is 0 Å². The van der Waals surface area contributed by atoms with E-state index in [1.165, 1.54) is 5.71 Å². The number of hydrogen-bond donors (Lipinski definition) is 0. The fraction of sp³-hybridized carbons (Fsp3) is 0.625. The Morgan fingerprint density at radius 2 is 2.18 bits per heavy atom. The molecule has 0 aliphatic carbocycles. The smallest absolute Gasteiger partial charge is 0.0458 e. The molecule has 0 saturated heterocycles. The van der Waals surface area contributed by atoms with Crippen molar-refractivity contribution in [3.63, 3.8) is 0 Å². The fourth-order valence-electron chi connectivity index (χ4n) is 0.883. The number of nitrogens with zero attached hydrogens (tertiary/aromatic N) is 2. The Hall–Kier alpha value is 0.223. The van der Waals surface area contributed by atoms with Crippen molar-refractivity contribution in [3.8, 4) is 0 Å². The summed E-state index contributed by atoms with van der Waals surface area (Å²) in [6.07, 6.45) is 1.96. The summed E-state index contributed by atoms with van der Waals surface area (Å²) in [5.74, 6) is 0.313. The van der Waals surface area contributed by atoms with Crippen molar-refractivity contribution >= 4 is 11.4 Å². The normalized spacial score (nSPS) is 18.5. The van der Waals surface area contributed by atoms with Crippen LogP contribution in [0.15, 0.2) is 10.2 Å². The molecule has 0 bridgehead atoms. The zero-order chi connectivity index (χ0) is 7.56. The molecule has 0 spiro atoms. The predicted octanol–water partition coefficient (Wildman–Crippen LogP) is 2.06. The van der Waals surface area contributed by atoms with Gasteiger partial charge in [-0.1, -0.05) is 13.8 Å². The van der Waals surface area contributed by atoms with E-state index in [0.717, 1.165) is 18.6 Å². The summed E-state index contributed by atoms with van der Waals surface area (Å²) >= 11 is 0. The molecular formula is C8H13N2Zr-. The van der Waals surface area contributed by atoms with Crippen LogP contribution < -0.4 is 0 Å². The third-order valence-corrected chi connectivity index (χ3v) is 1.68. The summed E-state index contributed by atoms with van der Waals surface area (Å²) in [6, 6.07) is 0. The molecule has 1 aliphatic rings. The Bertz CT molecular complexity index is 183. The van der Waals surface area contributed by atoms with Gasteiger partial charge in [0.2, 0.25) is 0 Å². The third kappa shape index (κ3) is 2.98. The van der Waals surface area contributed by atoms with Crippen LogP contribution in [0.3, 0.4) is 0 Å². The maximum atomic E-state index is 4.03. The summed E-state index contributed by atoms with van der Waals surface area (Å²) in [4.78, 5) is 0. The molecule has 0 aromatic carbocycles. The van der Waals surface area contributed by atoms with Crippen molar-refractivity contribution in [2.24, 2.45) is 16.1 Å². The van der Waals surface area contributed by atoms with Crippen LogP contribution in [0.4, 0.5) is 0 Å². The maximum absolute atomic E-state index is 4.03. The second kappa shape index (κ2) is 4.97. The van der Waals surface area contributed by atoms with E-state index in [1.54, 1.807) is 0 Å². The Labute approximate surface area is 87.3 Å². The molecule has 0 radical (unpaired) electrons. The van der Waals surface area contributed by atoms with Gasteiger partial charge in [0.05, 0.1) is 0 Å². The first kappa shape index (κ1) is 11.2. The van der Waals surface area contributed by atoms with Gasteiger partial charge >= 0.3 is 0 Å². The Kier molecular flexibility index (Phi) is 5.07. The summed E-state index contributed by atoms with van der Waals surface area (Å²) in [7, 11) is 0. The van der Waals surface area contributed by atoms with Crippen molar-refractivity contribution in [1.82, 2.24) is 0 Å². The summed E-state index contributed by atoms with van der Waals surface area (Å²) in [6.45, 7) is 8.04. The van der Waals surface area contributed by atoms with E-state index in [0.29, 0.717) is 5.92 Å². The molecule has 60 valence electrons. The Morgan fingerprint density at radius 3 is 2.45 bits per heavy atom. The van der Waals surface area contributed by atoms with Gasteiger partial charge in [0.15, 0.2) is 0 Å². The van der Waals surface area contributed by atoms with Crippen molar-refractivity contribution in [1.29, 1.82) is 0 Å². The molecule has 0 aromatic rings. The molecule has 0 amide bonds. The van der Waals surface area contributed by atoms with Gasteiger partial charge in [-0.2, -0.15) is 10.2 Å². The zero-order valence-corrected chi connectivity index (χ0v) is 9.55. The van der Waals surface area contributed by atoms with Gasteiger partial charge in [0, 0.05) is 44.0 Å². The van der Waals surface area contributed by atoms with Gasteiger partial charge in [0.1, 0.15) is 0 Å². The predicted molar refractivity (Wildman–Crippen MR) is 44.3 cm³/mol. The average molecular weight is 228 g/mol. The minimum atomic E-state index is 0. The fourth-order valence-corrected chi connectivity index (χ4v) is 0.883. The molecule has 1 heterocycles. The van der Waals surface area contributed by atoms with E-state index >= 15 is 0 Å². The maximum Gasteiger partial charge on any atom is 0.0458 e. The quantitative estimate of drug-likeness (QED) is 0.647. The van der Waals surface area contributed by atoms with Crippen LogP contribution in [0.25, 0.3) is 0 Å². The van der Waals surface area contributed by atoms with Gasteiger partial charge in [-0.3, -0.25) is 0 Å². The SMILES string of the molecule is [CH2-]C(C)C1=NN=C(CC)C1.[Zr]. The average Bonchev–Trinajstić information content (AvgIpc) is 2.34. The number of rotatable bonds is 2. The van der Waals surface area contributed by atoms with Crippen molar-refractivity contribution in [2.45, 2.75) is 26.7 Å². The van der Waals surface area contributed by atoms with Crippen LogP contribution in [-0.4, -0.2) is 11.4 Å². The summed E-state index contributed by atoms with van der Waals surface area (Å²) < 4.78 is 0. The van der Waals surface area contributed by atoms with Gasteiger partial charge in [-0.15, -0.1) is 5.92 Å². The van der Waals surface area contributed by atoms with Gasteiger partial charge in [-0.25, -0.2) is 0 Å². The molecule has 1 aliphatic heterocycles. The number of hydrogen-bond acceptors (Lipinski definition) is 2. The van der Waals surface area contributed by atoms with E-state index < -0.39 is 0 Å².